The Morgan fingerprint density at radius 2 is 2.10 bits per heavy atom. The second-order valence-electron chi connectivity index (χ2n) is 6.72. The minimum absolute atomic E-state index is 0.147. The first-order valence-corrected chi connectivity index (χ1v) is 9.87. The van der Waals surface area contributed by atoms with Crippen molar-refractivity contribution in [1.29, 1.82) is 0 Å². The highest BCUT2D eigenvalue weighted by atomic mass is 28.4. The van der Waals surface area contributed by atoms with Crippen LogP contribution in [0.25, 0.3) is 0 Å². The Labute approximate surface area is 121 Å². The number of carbonyl (C=O) groups excluding carboxylic acids is 1. The topological polar surface area (TPSA) is 78.9 Å². The maximum Gasteiger partial charge on any atom is 0.405 e. The van der Waals surface area contributed by atoms with Gasteiger partial charge in [0.1, 0.15) is 6.04 Å². The summed E-state index contributed by atoms with van der Waals surface area (Å²) in [5.74, 6) is -0.147. The second-order valence-corrected chi connectivity index (χ2v) is 11.5. The van der Waals surface area contributed by atoms with E-state index in [0.29, 0.717) is 26.1 Å². The monoisotopic (exact) mass is 302 g/mol. The van der Waals surface area contributed by atoms with Gasteiger partial charge in [-0.05, 0) is 24.6 Å². The molecule has 0 aromatic carbocycles. The van der Waals surface area contributed by atoms with Crippen LogP contribution >= 0.6 is 0 Å². The highest BCUT2D eigenvalue weighted by Crippen LogP contribution is 2.36. The molecular formula is C13H26N2O4Si. The fourth-order valence-electron chi connectivity index (χ4n) is 1.87. The van der Waals surface area contributed by atoms with Gasteiger partial charge in [0, 0.05) is 13.1 Å². The summed E-state index contributed by atoms with van der Waals surface area (Å²) in [5, 5.41) is 11.0. The molecule has 0 aromatic rings. The van der Waals surface area contributed by atoms with E-state index in [-0.39, 0.29) is 10.9 Å². The molecule has 1 aliphatic rings. The van der Waals surface area contributed by atoms with Crippen molar-refractivity contribution >= 4 is 20.3 Å². The van der Waals surface area contributed by atoms with Crippen LogP contribution in [0.15, 0.2) is 0 Å². The minimum Gasteiger partial charge on any atom is -0.465 e. The lowest BCUT2D eigenvalue weighted by molar-refractivity contribution is -0.129. The van der Waals surface area contributed by atoms with Crippen LogP contribution < -0.4 is 5.32 Å². The first kappa shape index (κ1) is 17.0. The van der Waals surface area contributed by atoms with Gasteiger partial charge in [0.05, 0.1) is 6.61 Å². The number of rotatable bonds is 5. The zero-order valence-corrected chi connectivity index (χ0v) is 14.0. The van der Waals surface area contributed by atoms with Crippen LogP contribution in [-0.4, -0.2) is 56.1 Å². The fourth-order valence-corrected chi connectivity index (χ4v) is 2.91. The lowest BCUT2D eigenvalue weighted by Gasteiger charge is -2.36. The van der Waals surface area contributed by atoms with Crippen molar-refractivity contribution in [3.05, 3.63) is 0 Å². The summed E-state index contributed by atoms with van der Waals surface area (Å²) in [6.07, 6.45) is -0.617. The van der Waals surface area contributed by atoms with Crippen molar-refractivity contribution < 1.29 is 19.1 Å². The Kier molecular flexibility index (Phi) is 5.20. The van der Waals surface area contributed by atoms with Gasteiger partial charge >= 0.3 is 6.09 Å². The average Bonchev–Trinajstić information content (AvgIpc) is 2.59. The summed E-state index contributed by atoms with van der Waals surface area (Å²) >= 11 is 0. The third-order valence-electron chi connectivity index (χ3n) is 4.23. The molecule has 0 radical (unpaired) electrons. The van der Waals surface area contributed by atoms with Crippen LogP contribution in [-0.2, 0) is 9.22 Å². The molecule has 0 aromatic heterocycles. The average molecular weight is 302 g/mol. The van der Waals surface area contributed by atoms with E-state index in [1.807, 2.05) is 0 Å². The van der Waals surface area contributed by atoms with Crippen LogP contribution in [0.4, 0.5) is 4.79 Å². The summed E-state index contributed by atoms with van der Waals surface area (Å²) in [4.78, 5) is 24.2. The van der Waals surface area contributed by atoms with E-state index in [1.165, 1.54) is 0 Å². The molecular weight excluding hydrogens is 276 g/mol. The van der Waals surface area contributed by atoms with Gasteiger partial charge in [0.15, 0.2) is 8.32 Å². The van der Waals surface area contributed by atoms with Gasteiger partial charge in [-0.3, -0.25) is 4.79 Å². The fraction of sp³-hybridized carbons (Fsp3) is 0.846. The molecule has 1 aliphatic heterocycles. The molecule has 1 unspecified atom stereocenters. The standard InChI is InChI=1S/C13H26N2O4Si/c1-13(2,3)20(4,5)19-9-8-15-7-6-10(11(15)16)14-12(17)18/h10,14H,6-9H2,1-5H3,(H,17,18). The zero-order valence-electron chi connectivity index (χ0n) is 13.0. The normalized spacial score (nSPS) is 20.4. The van der Waals surface area contributed by atoms with Crippen LogP contribution in [0, 0.1) is 0 Å². The van der Waals surface area contributed by atoms with Crippen molar-refractivity contribution in [2.75, 3.05) is 19.7 Å². The molecule has 1 fully saturated rings. The molecule has 116 valence electrons. The summed E-state index contributed by atoms with van der Waals surface area (Å²) in [6.45, 7) is 12.5. The van der Waals surface area contributed by atoms with Crippen molar-refractivity contribution in [3.63, 3.8) is 0 Å². The number of hydrogen-bond acceptors (Lipinski definition) is 3. The van der Waals surface area contributed by atoms with Crippen molar-refractivity contribution in [3.8, 4) is 0 Å². The molecule has 7 heteroatoms. The van der Waals surface area contributed by atoms with E-state index in [0.717, 1.165) is 0 Å². The molecule has 2 amide bonds. The Balaban J connectivity index is 2.41. The Morgan fingerprint density at radius 3 is 2.60 bits per heavy atom. The molecule has 2 N–H and O–H groups in total. The molecule has 0 spiro atoms. The van der Waals surface area contributed by atoms with Gasteiger partial charge in [-0.1, -0.05) is 20.8 Å². The van der Waals surface area contributed by atoms with E-state index in [1.54, 1.807) is 4.90 Å². The highest BCUT2D eigenvalue weighted by molar-refractivity contribution is 6.74. The van der Waals surface area contributed by atoms with Crippen LogP contribution in [0.2, 0.25) is 18.1 Å². The quantitative estimate of drug-likeness (QED) is 0.760. The smallest absolute Gasteiger partial charge is 0.405 e. The predicted octanol–water partition coefficient (Wildman–Crippen LogP) is 1.88. The number of nitrogens with one attached hydrogen (secondary N) is 1. The maximum absolute atomic E-state index is 11.9. The third-order valence-corrected chi connectivity index (χ3v) is 8.76. The van der Waals surface area contributed by atoms with Gasteiger partial charge in [-0.2, -0.15) is 0 Å². The first-order valence-electron chi connectivity index (χ1n) is 6.97. The van der Waals surface area contributed by atoms with Gasteiger partial charge in [-0.15, -0.1) is 0 Å². The third kappa shape index (κ3) is 4.21. The van der Waals surface area contributed by atoms with Gasteiger partial charge in [0.25, 0.3) is 0 Å². The molecule has 6 nitrogen and oxygen atoms in total. The number of nitrogens with zero attached hydrogens (tertiary/aromatic N) is 1. The van der Waals surface area contributed by atoms with Crippen LogP contribution in [0.3, 0.4) is 0 Å². The summed E-state index contributed by atoms with van der Waals surface area (Å²) < 4.78 is 6.03. The first-order chi connectivity index (χ1) is 9.04. The van der Waals surface area contributed by atoms with Crippen molar-refractivity contribution in [2.24, 2.45) is 0 Å². The molecule has 0 bridgehead atoms. The SMILES string of the molecule is CC(C)(C)[Si](C)(C)OCCN1CCC(NC(=O)O)C1=O. The van der Waals surface area contributed by atoms with Gasteiger partial charge < -0.3 is 19.7 Å². The van der Waals surface area contributed by atoms with Gasteiger partial charge in [0.2, 0.25) is 5.91 Å². The summed E-state index contributed by atoms with van der Waals surface area (Å²) in [6, 6.07) is -0.597. The second kappa shape index (κ2) is 6.13. The molecule has 1 rings (SSSR count). The maximum atomic E-state index is 11.9. The summed E-state index contributed by atoms with van der Waals surface area (Å²) in [7, 11) is -1.79. The summed E-state index contributed by atoms with van der Waals surface area (Å²) in [5.41, 5.74) is 0. The van der Waals surface area contributed by atoms with E-state index < -0.39 is 20.5 Å². The molecule has 1 heterocycles. The molecule has 1 atom stereocenters. The van der Waals surface area contributed by atoms with E-state index in [4.69, 9.17) is 9.53 Å². The Bertz CT molecular complexity index is 379. The molecule has 20 heavy (non-hydrogen) atoms. The number of likely N-dealkylation sites (tertiary alicyclic amines) is 1. The zero-order chi connectivity index (χ0) is 15.6. The molecule has 0 saturated carbocycles. The van der Waals surface area contributed by atoms with Crippen molar-refractivity contribution in [2.45, 2.75) is 51.4 Å². The number of carboxylic acid groups (broad SMARTS) is 1. The van der Waals surface area contributed by atoms with Crippen LogP contribution in [0.5, 0.6) is 0 Å². The van der Waals surface area contributed by atoms with Crippen LogP contribution in [0.1, 0.15) is 27.2 Å². The predicted molar refractivity (Wildman–Crippen MR) is 79.3 cm³/mol. The van der Waals surface area contributed by atoms with E-state index >= 15 is 0 Å². The highest BCUT2D eigenvalue weighted by Gasteiger charge is 2.38. The van der Waals surface area contributed by atoms with Crippen molar-refractivity contribution in [1.82, 2.24) is 10.2 Å². The number of hydrogen-bond donors (Lipinski definition) is 2. The Hall–Kier alpha value is -1.08. The van der Waals surface area contributed by atoms with E-state index in [9.17, 15) is 9.59 Å². The number of carbonyl (C=O) groups is 2. The lowest BCUT2D eigenvalue weighted by Crippen LogP contribution is -2.44. The number of amides is 2. The largest absolute Gasteiger partial charge is 0.465 e. The molecule has 0 aliphatic carbocycles. The lowest BCUT2D eigenvalue weighted by atomic mass is 10.2. The minimum atomic E-state index is -1.79. The van der Waals surface area contributed by atoms with Gasteiger partial charge in [-0.25, -0.2) is 4.79 Å². The van der Waals surface area contributed by atoms with E-state index in [2.05, 4.69) is 39.2 Å². The molecule has 1 saturated heterocycles. The Morgan fingerprint density at radius 1 is 1.50 bits per heavy atom.